The van der Waals surface area contributed by atoms with E-state index in [1.54, 1.807) is 0 Å². The summed E-state index contributed by atoms with van der Waals surface area (Å²) in [5.41, 5.74) is 5.78. The smallest absolute Gasteiger partial charge is 0.220 e. The molecule has 3 atom stereocenters. The van der Waals surface area contributed by atoms with Crippen molar-refractivity contribution in [3.8, 4) is 0 Å². The molecular formula is C17H33N3O. The Morgan fingerprint density at radius 3 is 2.43 bits per heavy atom. The highest BCUT2D eigenvalue weighted by Crippen LogP contribution is 2.37. The van der Waals surface area contributed by atoms with Crippen LogP contribution in [0.1, 0.15) is 52.4 Å². The number of amides is 1. The molecule has 4 nitrogen and oxygen atoms in total. The first kappa shape index (κ1) is 16.8. The molecule has 0 saturated carbocycles. The van der Waals surface area contributed by atoms with E-state index >= 15 is 0 Å². The predicted octanol–water partition coefficient (Wildman–Crippen LogP) is 1.99. The highest BCUT2D eigenvalue weighted by molar-refractivity contribution is 5.76. The first-order valence-electron chi connectivity index (χ1n) is 8.68. The van der Waals surface area contributed by atoms with E-state index in [9.17, 15) is 4.79 Å². The van der Waals surface area contributed by atoms with Crippen LogP contribution in [0.15, 0.2) is 0 Å². The van der Waals surface area contributed by atoms with Crippen LogP contribution in [-0.4, -0.2) is 43.0 Å². The number of rotatable bonds is 7. The molecule has 0 spiro atoms. The van der Waals surface area contributed by atoms with Crippen LogP contribution in [0.3, 0.4) is 0 Å². The zero-order valence-corrected chi connectivity index (χ0v) is 14.0. The predicted molar refractivity (Wildman–Crippen MR) is 86.9 cm³/mol. The molecule has 2 rings (SSSR count). The Bertz CT molecular complexity index is 331. The Labute approximate surface area is 129 Å². The van der Waals surface area contributed by atoms with Crippen molar-refractivity contribution < 1.29 is 4.79 Å². The molecule has 2 fully saturated rings. The molecule has 0 aromatic heterocycles. The minimum Gasteiger partial charge on any atom is -0.356 e. The monoisotopic (exact) mass is 295 g/mol. The molecule has 0 aromatic carbocycles. The van der Waals surface area contributed by atoms with Crippen molar-refractivity contribution in [2.45, 2.75) is 64.5 Å². The molecule has 2 aliphatic rings. The van der Waals surface area contributed by atoms with Gasteiger partial charge in [-0.1, -0.05) is 13.8 Å². The molecule has 122 valence electrons. The van der Waals surface area contributed by atoms with Gasteiger partial charge in [-0.25, -0.2) is 0 Å². The second-order valence-corrected chi connectivity index (χ2v) is 7.63. The van der Waals surface area contributed by atoms with E-state index in [-0.39, 0.29) is 5.91 Å². The molecule has 2 heterocycles. The lowest BCUT2D eigenvalue weighted by Crippen LogP contribution is -2.43. The number of fused-ring (bicyclic) bond motifs is 2. The van der Waals surface area contributed by atoms with E-state index < -0.39 is 0 Å². The Kier molecular flexibility index (Phi) is 6.06. The molecule has 1 amide bonds. The summed E-state index contributed by atoms with van der Waals surface area (Å²) < 4.78 is 0. The fourth-order valence-corrected chi connectivity index (χ4v) is 4.21. The number of nitrogens with one attached hydrogen (secondary N) is 1. The van der Waals surface area contributed by atoms with Gasteiger partial charge in [0.2, 0.25) is 5.91 Å². The van der Waals surface area contributed by atoms with Crippen molar-refractivity contribution in [1.29, 1.82) is 0 Å². The quantitative estimate of drug-likeness (QED) is 0.755. The molecule has 2 saturated heterocycles. The third-order valence-corrected chi connectivity index (χ3v) is 5.40. The summed E-state index contributed by atoms with van der Waals surface area (Å²) in [5.74, 6) is 1.80. The zero-order chi connectivity index (χ0) is 15.4. The van der Waals surface area contributed by atoms with E-state index in [2.05, 4.69) is 31.1 Å². The van der Waals surface area contributed by atoms with Gasteiger partial charge in [-0.3, -0.25) is 4.79 Å². The van der Waals surface area contributed by atoms with Gasteiger partial charge in [0.1, 0.15) is 0 Å². The fourth-order valence-electron chi connectivity index (χ4n) is 4.21. The van der Waals surface area contributed by atoms with Crippen LogP contribution in [0.4, 0.5) is 0 Å². The van der Waals surface area contributed by atoms with Crippen molar-refractivity contribution in [1.82, 2.24) is 10.2 Å². The second-order valence-electron chi connectivity index (χ2n) is 7.63. The lowest BCUT2D eigenvalue weighted by atomic mass is 9.90. The maximum Gasteiger partial charge on any atom is 0.220 e. The Morgan fingerprint density at radius 1 is 1.29 bits per heavy atom. The van der Waals surface area contributed by atoms with Gasteiger partial charge >= 0.3 is 0 Å². The van der Waals surface area contributed by atoms with Crippen LogP contribution >= 0.6 is 0 Å². The molecule has 3 N–H and O–H groups in total. The van der Waals surface area contributed by atoms with E-state index in [0.29, 0.717) is 30.7 Å². The molecule has 0 radical (unpaired) electrons. The van der Waals surface area contributed by atoms with Crippen LogP contribution in [0.2, 0.25) is 0 Å². The molecule has 4 heteroatoms. The first-order chi connectivity index (χ1) is 9.99. The Balaban J connectivity index is 1.69. The van der Waals surface area contributed by atoms with E-state index in [1.807, 2.05) is 0 Å². The maximum absolute atomic E-state index is 12.1. The van der Waals surface area contributed by atoms with Crippen LogP contribution in [-0.2, 0) is 4.79 Å². The zero-order valence-electron chi connectivity index (χ0n) is 14.0. The van der Waals surface area contributed by atoms with E-state index in [4.69, 9.17) is 5.73 Å². The van der Waals surface area contributed by atoms with Crippen LogP contribution < -0.4 is 11.1 Å². The van der Waals surface area contributed by atoms with Gasteiger partial charge < -0.3 is 16.0 Å². The topological polar surface area (TPSA) is 58.4 Å². The second kappa shape index (κ2) is 7.59. The van der Waals surface area contributed by atoms with Gasteiger partial charge in [0.05, 0.1) is 0 Å². The number of nitrogens with zero attached hydrogens (tertiary/aromatic N) is 1. The highest BCUT2D eigenvalue weighted by Gasteiger charge is 2.38. The fraction of sp³-hybridized carbons (Fsp3) is 0.941. The standard InChI is InChI=1S/C17H33N3O/c1-12(2)6-13(10-18)9-17(21)19-11-14-7-15-4-5-16(8-14)20(15)3/h12-16H,4-11,18H2,1-3H3,(H,19,21). The summed E-state index contributed by atoms with van der Waals surface area (Å²) in [6.07, 6.45) is 6.82. The third kappa shape index (κ3) is 4.68. The van der Waals surface area contributed by atoms with Crippen LogP contribution in [0.5, 0.6) is 0 Å². The normalized spacial score (nSPS) is 30.6. The van der Waals surface area contributed by atoms with Crippen molar-refractivity contribution in [2.75, 3.05) is 20.1 Å². The molecule has 0 aromatic rings. The lowest BCUT2D eigenvalue weighted by molar-refractivity contribution is -0.122. The van der Waals surface area contributed by atoms with E-state index in [0.717, 1.165) is 25.0 Å². The largest absolute Gasteiger partial charge is 0.356 e. The number of carbonyl (C=O) groups is 1. The number of carbonyl (C=O) groups excluding carboxylic acids is 1. The highest BCUT2D eigenvalue weighted by atomic mass is 16.1. The molecule has 0 aliphatic carbocycles. The molecule has 21 heavy (non-hydrogen) atoms. The van der Waals surface area contributed by atoms with Gasteiger partial charge in [0.15, 0.2) is 0 Å². The summed E-state index contributed by atoms with van der Waals surface area (Å²) in [4.78, 5) is 14.6. The number of piperidine rings is 1. The molecule has 3 unspecified atom stereocenters. The van der Waals surface area contributed by atoms with Gasteiger partial charge in [-0.05, 0) is 63.5 Å². The number of hydrogen-bond acceptors (Lipinski definition) is 3. The van der Waals surface area contributed by atoms with E-state index in [1.165, 1.54) is 25.7 Å². The average molecular weight is 295 g/mol. The minimum atomic E-state index is 0.192. The van der Waals surface area contributed by atoms with Crippen LogP contribution in [0.25, 0.3) is 0 Å². The Hall–Kier alpha value is -0.610. The lowest BCUT2D eigenvalue weighted by Gasteiger charge is -2.36. The molecular weight excluding hydrogens is 262 g/mol. The van der Waals surface area contributed by atoms with Crippen molar-refractivity contribution in [2.24, 2.45) is 23.5 Å². The SMILES string of the molecule is CC(C)CC(CN)CC(=O)NCC1CC2CCC(C1)N2C. The average Bonchev–Trinajstić information content (AvgIpc) is 2.66. The Morgan fingerprint density at radius 2 is 1.90 bits per heavy atom. The van der Waals surface area contributed by atoms with Crippen molar-refractivity contribution in [3.05, 3.63) is 0 Å². The summed E-state index contributed by atoms with van der Waals surface area (Å²) in [5, 5.41) is 3.16. The summed E-state index contributed by atoms with van der Waals surface area (Å²) in [7, 11) is 2.26. The van der Waals surface area contributed by atoms with Gasteiger partial charge in [0, 0.05) is 25.0 Å². The molecule has 2 bridgehead atoms. The summed E-state index contributed by atoms with van der Waals surface area (Å²) in [6, 6.07) is 1.51. The summed E-state index contributed by atoms with van der Waals surface area (Å²) in [6.45, 7) is 5.85. The molecule has 2 aliphatic heterocycles. The maximum atomic E-state index is 12.1. The van der Waals surface area contributed by atoms with Crippen molar-refractivity contribution >= 4 is 5.91 Å². The minimum absolute atomic E-state index is 0.192. The van der Waals surface area contributed by atoms with Crippen molar-refractivity contribution in [3.63, 3.8) is 0 Å². The first-order valence-corrected chi connectivity index (χ1v) is 8.68. The number of hydrogen-bond donors (Lipinski definition) is 2. The number of nitrogens with two attached hydrogens (primary N) is 1. The van der Waals surface area contributed by atoms with Gasteiger partial charge in [-0.15, -0.1) is 0 Å². The summed E-state index contributed by atoms with van der Waals surface area (Å²) >= 11 is 0. The van der Waals surface area contributed by atoms with Gasteiger partial charge in [0.25, 0.3) is 0 Å². The van der Waals surface area contributed by atoms with Gasteiger partial charge in [-0.2, -0.15) is 0 Å². The van der Waals surface area contributed by atoms with Crippen LogP contribution in [0, 0.1) is 17.8 Å². The third-order valence-electron chi connectivity index (χ3n) is 5.40.